The van der Waals surface area contributed by atoms with Crippen LogP contribution in [0, 0.1) is 0 Å². The van der Waals surface area contributed by atoms with Gasteiger partial charge in [0.2, 0.25) is 0 Å². The molecule has 1 aromatic heterocycles. The maximum atomic E-state index is 5.38. The lowest BCUT2D eigenvalue weighted by molar-refractivity contribution is 1.33. The largest absolute Gasteiger partial charge is 0.256 e. The fraction of sp³-hybridized carbons (Fsp3) is 0. The van der Waals surface area contributed by atoms with Gasteiger partial charge < -0.3 is 0 Å². The molecule has 1 nitrogen and oxygen atoms in total. The van der Waals surface area contributed by atoms with Crippen molar-refractivity contribution in [3.63, 3.8) is 0 Å². The maximum absolute atomic E-state index is 5.38. The van der Waals surface area contributed by atoms with Crippen LogP contribution < -0.4 is 0 Å². The normalized spacial score (nSPS) is 11.6. The Hall–Kier alpha value is -7.35. The van der Waals surface area contributed by atoms with E-state index in [0.717, 1.165) is 16.8 Å². The minimum atomic E-state index is 0.964. The van der Waals surface area contributed by atoms with E-state index in [1.54, 1.807) is 0 Å². The Morgan fingerprint density at radius 3 is 1.16 bits per heavy atom. The number of nitrogens with zero attached hydrogens (tertiary/aromatic N) is 1. The Morgan fingerprint density at radius 2 is 0.643 bits per heavy atom. The van der Waals surface area contributed by atoms with Gasteiger partial charge in [-0.25, -0.2) is 0 Å². The van der Waals surface area contributed by atoms with Crippen LogP contribution in [0.25, 0.3) is 111 Å². The fourth-order valence-electron chi connectivity index (χ4n) is 9.01. The first-order chi connectivity index (χ1) is 27.8. The van der Waals surface area contributed by atoms with Crippen molar-refractivity contribution in [3.05, 3.63) is 212 Å². The molecule has 1 heteroatoms. The zero-order chi connectivity index (χ0) is 37.0. The summed E-state index contributed by atoms with van der Waals surface area (Å²) in [5.74, 6) is 0. The first kappa shape index (κ1) is 32.1. The number of benzene rings is 9. The van der Waals surface area contributed by atoms with Gasteiger partial charge in [0.05, 0.1) is 5.69 Å². The number of pyridine rings is 1. The molecule has 0 saturated heterocycles. The highest BCUT2D eigenvalue weighted by molar-refractivity contribution is 6.22. The van der Waals surface area contributed by atoms with Gasteiger partial charge in [-0.2, -0.15) is 0 Å². The van der Waals surface area contributed by atoms with E-state index in [-0.39, 0.29) is 0 Å². The summed E-state index contributed by atoms with van der Waals surface area (Å²) in [6.07, 6.45) is 2.11. The lowest BCUT2D eigenvalue weighted by Gasteiger charge is -2.24. The van der Waals surface area contributed by atoms with E-state index in [4.69, 9.17) is 4.98 Å². The average Bonchev–Trinajstić information content (AvgIpc) is 3.28. The molecule has 1 heterocycles. The van der Waals surface area contributed by atoms with Crippen molar-refractivity contribution in [3.8, 4) is 89.1 Å². The molecule has 56 heavy (non-hydrogen) atoms. The van der Waals surface area contributed by atoms with Crippen LogP contribution >= 0.6 is 0 Å². The van der Waals surface area contributed by atoms with Crippen molar-refractivity contribution in [2.45, 2.75) is 0 Å². The van der Waals surface area contributed by atoms with Crippen molar-refractivity contribution in [1.82, 2.24) is 4.98 Å². The van der Waals surface area contributed by atoms with Gasteiger partial charge in [-0.1, -0.05) is 194 Å². The van der Waals surface area contributed by atoms with Crippen LogP contribution in [-0.2, 0) is 0 Å². The molecule has 0 unspecified atom stereocenters. The van der Waals surface area contributed by atoms with Crippen LogP contribution in [0.1, 0.15) is 0 Å². The summed E-state index contributed by atoms with van der Waals surface area (Å²) < 4.78 is 0. The van der Waals surface area contributed by atoms with Gasteiger partial charge in [0.1, 0.15) is 0 Å². The molecule has 0 fully saturated rings. The van der Waals surface area contributed by atoms with Crippen LogP contribution in [0.5, 0.6) is 0 Å². The Labute approximate surface area is 326 Å². The van der Waals surface area contributed by atoms with E-state index >= 15 is 0 Å². The van der Waals surface area contributed by atoms with Crippen molar-refractivity contribution >= 4 is 21.5 Å². The van der Waals surface area contributed by atoms with Gasteiger partial charge in [0.15, 0.2) is 0 Å². The van der Waals surface area contributed by atoms with Gasteiger partial charge in [0.25, 0.3) is 0 Å². The third-order valence-corrected chi connectivity index (χ3v) is 11.5. The highest BCUT2D eigenvalue weighted by Gasteiger charge is 2.25. The van der Waals surface area contributed by atoms with E-state index in [9.17, 15) is 0 Å². The standard InChI is InChI=1S/C55H35N/c1-3-17-36(18-4-1)38-31-32-49(50(33-38)37-19-5-2-6-20-37)54-45-27-13-15-29-47(45)55(48-30-16-14-28-46(48)54)53-34-51-43-25-11-9-23-41(43)39-21-7-8-22-40(39)42-24-10-12-26-44(42)52(51)35-56-53/h1-35H. The minimum Gasteiger partial charge on any atom is -0.256 e. The molecule has 9 aromatic carbocycles. The molecule has 0 saturated carbocycles. The van der Waals surface area contributed by atoms with Crippen molar-refractivity contribution in [2.75, 3.05) is 0 Å². The molecular weight excluding hydrogens is 675 g/mol. The second-order valence-corrected chi connectivity index (χ2v) is 14.6. The summed E-state index contributed by atoms with van der Waals surface area (Å²) in [5.41, 5.74) is 19.1. The SMILES string of the molecule is c1ccc(-c2ccc(-c3c4ccccc4c(-c4cc5c(cn4)-c4ccccc4-c4ccccc4-c4ccccc4-5)c4ccccc34)c(-c3ccccc3)c2)cc1. The molecule has 0 bridgehead atoms. The van der Waals surface area contributed by atoms with Gasteiger partial charge in [-0.15, -0.1) is 0 Å². The summed E-state index contributed by atoms with van der Waals surface area (Å²) in [7, 11) is 0. The lowest BCUT2D eigenvalue weighted by atomic mass is 9.80. The third-order valence-electron chi connectivity index (χ3n) is 11.5. The van der Waals surface area contributed by atoms with Crippen LogP contribution in [0.4, 0.5) is 0 Å². The molecule has 260 valence electrons. The molecule has 1 aliphatic rings. The Balaban J connectivity index is 1.19. The first-order valence-electron chi connectivity index (χ1n) is 19.3. The quantitative estimate of drug-likeness (QED) is 0.166. The zero-order valence-corrected chi connectivity index (χ0v) is 30.7. The van der Waals surface area contributed by atoms with Crippen LogP contribution in [0.3, 0.4) is 0 Å². The minimum absolute atomic E-state index is 0.964. The van der Waals surface area contributed by atoms with Gasteiger partial charge >= 0.3 is 0 Å². The number of rotatable bonds is 4. The maximum Gasteiger partial charge on any atom is 0.0721 e. The Kier molecular flexibility index (Phi) is 7.57. The second-order valence-electron chi connectivity index (χ2n) is 14.6. The van der Waals surface area contributed by atoms with E-state index < -0.39 is 0 Å². The lowest BCUT2D eigenvalue weighted by Crippen LogP contribution is -1.99. The van der Waals surface area contributed by atoms with Crippen molar-refractivity contribution in [1.29, 1.82) is 0 Å². The van der Waals surface area contributed by atoms with Gasteiger partial charge in [-0.3, -0.25) is 4.98 Å². The van der Waals surface area contributed by atoms with Gasteiger partial charge in [0, 0.05) is 17.3 Å². The van der Waals surface area contributed by atoms with E-state index in [1.165, 1.54) is 93.9 Å². The predicted molar refractivity (Wildman–Crippen MR) is 236 cm³/mol. The third kappa shape index (κ3) is 5.13. The smallest absolute Gasteiger partial charge is 0.0721 e. The van der Waals surface area contributed by atoms with Gasteiger partial charge in [-0.05, 0) is 106 Å². The summed E-state index contributed by atoms with van der Waals surface area (Å²) in [6.45, 7) is 0. The van der Waals surface area contributed by atoms with E-state index in [1.807, 2.05) is 0 Å². The molecule has 11 rings (SSSR count). The molecule has 0 N–H and O–H groups in total. The summed E-state index contributed by atoms with van der Waals surface area (Å²) in [6, 6.07) is 75.0. The average molecular weight is 710 g/mol. The number of fused-ring (bicyclic) bond motifs is 10. The first-order valence-corrected chi connectivity index (χ1v) is 19.3. The number of hydrogen-bond donors (Lipinski definition) is 0. The highest BCUT2D eigenvalue weighted by Crippen LogP contribution is 2.50. The molecule has 10 aromatic rings. The number of aromatic nitrogens is 1. The van der Waals surface area contributed by atoms with Crippen LogP contribution in [-0.4, -0.2) is 4.98 Å². The highest BCUT2D eigenvalue weighted by atomic mass is 14.7. The predicted octanol–water partition coefficient (Wildman–Crippen LogP) is 15.0. The summed E-state index contributed by atoms with van der Waals surface area (Å²) >= 11 is 0. The molecule has 0 amide bonds. The molecule has 1 aliphatic carbocycles. The number of hydrogen-bond acceptors (Lipinski definition) is 1. The summed E-state index contributed by atoms with van der Waals surface area (Å²) in [4.78, 5) is 5.38. The fourth-order valence-corrected chi connectivity index (χ4v) is 9.01. The molecule has 0 atom stereocenters. The molecule has 0 spiro atoms. The van der Waals surface area contributed by atoms with E-state index in [2.05, 4.69) is 212 Å². The summed E-state index contributed by atoms with van der Waals surface area (Å²) in [5, 5.41) is 4.78. The Morgan fingerprint density at radius 1 is 0.232 bits per heavy atom. The Bertz CT molecular complexity index is 3060. The zero-order valence-electron chi connectivity index (χ0n) is 30.7. The monoisotopic (exact) mass is 709 g/mol. The molecule has 0 aliphatic heterocycles. The van der Waals surface area contributed by atoms with Crippen LogP contribution in [0.2, 0.25) is 0 Å². The van der Waals surface area contributed by atoms with Crippen molar-refractivity contribution < 1.29 is 0 Å². The second kappa shape index (κ2) is 13.2. The molecular formula is C55H35N. The topological polar surface area (TPSA) is 12.9 Å². The van der Waals surface area contributed by atoms with E-state index in [0.29, 0.717) is 0 Å². The van der Waals surface area contributed by atoms with Crippen molar-refractivity contribution in [2.24, 2.45) is 0 Å². The molecule has 0 radical (unpaired) electrons. The van der Waals surface area contributed by atoms with Crippen LogP contribution in [0.15, 0.2) is 212 Å².